The highest BCUT2D eigenvalue weighted by atomic mass is 16.5. The molecule has 1 unspecified atom stereocenters. The van der Waals surface area contributed by atoms with Crippen LogP contribution >= 0.6 is 0 Å². The van der Waals surface area contributed by atoms with Gasteiger partial charge in [-0.3, -0.25) is 14.4 Å². The van der Waals surface area contributed by atoms with Crippen molar-refractivity contribution in [3.63, 3.8) is 0 Å². The first-order chi connectivity index (χ1) is 13.9. The number of anilines is 3. The van der Waals surface area contributed by atoms with Gasteiger partial charge in [0.2, 0.25) is 17.7 Å². The van der Waals surface area contributed by atoms with Gasteiger partial charge in [-0.2, -0.15) is 0 Å². The van der Waals surface area contributed by atoms with Gasteiger partial charge in [0.15, 0.2) is 0 Å². The van der Waals surface area contributed by atoms with Crippen molar-refractivity contribution in [3.8, 4) is 11.5 Å². The Morgan fingerprint density at radius 1 is 1.07 bits per heavy atom. The van der Waals surface area contributed by atoms with Crippen LogP contribution in [0.15, 0.2) is 42.5 Å². The molecule has 1 aliphatic rings. The maximum atomic E-state index is 12.8. The van der Waals surface area contributed by atoms with Gasteiger partial charge < -0.3 is 25.0 Å². The van der Waals surface area contributed by atoms with Gasteiger partial charge in [-0.05, 0) is 30.3 Å². The summed E-state index contributed by atoms with van der Waals surface area (Å²) in [5, 5.41) is 5.52. The van der Waals surface area contributed by atoms with Crippen LogP contribution in [-0.4, -0.2) is 38.5 Å². The fourth-order valence-corrected chi connectivity index (χ4v) is 3.23. The number of carbonyl (C=O) groups excluding carboxylic acids is 3. The molecule has 0 saturated carbocycles. The molecule has 1 saturated heterocycles. The van der Waals surface area contributed by atoms with E-state index in [1.54, 1.807) is 47.4 Å². The summed E-state index contributed by atoms with van der Waals surface area (Å²) in [6.07, 6.45) is 0.0997. The molecule has 29 heavy (non-hydrogen) atoms. The minimum absolute atomic E-state index is 0.0997. The van der Waals surface area contributed by atoms with Crippen molar-refractivity contribution in [1.29, 1.82) is 0 Å². The topological polar surface area (TPSA) is 97.0 Å². The minimum atomic E-state index is -0.511. The van der Waals surface area contributed by atoms with E-state index in [0.29, 0.717) is 28.6 Å². The van der Waals surface area contributed by atoms with Crippen molar-refractivity contribution in [2.24, 2.45) is 5.92 Å². The monoisotopic (exact) mass is 397 g/mol. The van der Waals surface area contributed by atoms with E-state index in [4.69, 9.17) is 9.47 Å². The third-order valence-corrected chi connectivity index (χ3v) is 4.64. The largest absolute Gasteiger partial charge is 0.497 e. The van der Waals surface area contributed by atoms with Gasteiger partial charge in [0.05, 0.1) is 25.8 Å². The molecule has 0 bridgehead atoms. The Morgan fingerprint density at radius 2 is 1.86 bits per heavy atom. The first kappa shape index (κ1) is 20.2. The zero-order valence-electron chi connectivity index (χ0n) is 16.5. The summed E-state index contributed by atoms with van der Waals surface area (Å²) >= 11 is 0. The highest BCUT2D eigenvalue weighted by molar-refractivity contribution is 6.04. The fourth-order valence-electron chi connectivity index (χ4n) is 3.23. The lowest BCUT2D eigenvalue weighted by Gasteiger charge is -2.18. The van der Waals surface area contributed by atoms with Crippen LogP contribution in [0.3, 0.4) is 0 Å². The highest BCUT2D eigenvalue weighted by Crippen LogP contribution is 2.31. The molecule has 152 valence electrons. The number of benzene rings is 2. The molecular formula is C21H23N3O5. The molecule has 3 rings (SSSR count). The molecule has 3 amide bonds. The molecule has 0 aromatic heterocycles. The van der Waals surface area contributed by atoms with Crippen LogP contribution < -0.4 is 25.0 Å². The fraction of sp³-hybridized carbons (Fsp3) is 0.286. The molecule has 8 heteroatoms. The summed E-state index contributed by atoms with van der Waals surface area (Å²) in [6, 6.07) is 12.1. The first-order valence-corrected chi connectivity index (χ1v) is 9.12. The number of rotatable bonds is 6. The second-order valence-corrected chi connectivity index (χ2v) is 6.69. The molecule has 1 aliphatic heterocycles. The molecule has 8 nitrogen and oxygen atoms in total. The zero-order valence-corrected chi connectivity index (χ0v) is 16.5. The Balaban J connectivity index is 1.73. The van der Waals surface area contributed by atoms with Gasteiger partial charge in [-0.15, -0.1) is 0 Å². The normalized spacial score (nSPS) is 15.8. The Labute approximate surface area is 168 Å². The number of nitrogens with one attached hydrogen (secondary N) is 2. The van der Waals surface area contributed by atoms with Crippen LogP contribution in [0.25, 0.3) is 0 Å². The zero-order chi connectivity index (χ0) is 21.0. The van der Waals surface area contributed by atoms with Gasteiger partial charge in [0, 0.05) is 37.3 Å². The Kier molecular flexibility index (Phi) is 6.01. The maximum absolute atomic E-state index is 12.8. The van der Waals surface area contributed by atoms with Crippen molar-refractivity contribution >= 4 is 34.8 Å². The SMILES string of the molecule is COc1ccc(OC)c(NC(=O)C2CC(=O)N(c3cccc(NC(C)=O)c3)C2)c1. The first-order valence-electron chi connectivity index (χ1n) is 9.12. The van der Waals surface area contributed by atoms with Gasteiger partial charge >= 0.3 is 0 Å². The van der Waals surface area contributed by atoms with Gasteiger partial charge in [-0.1, -0.05) is 6.07 Å². The van der Waals surface area contributed by atoms with Crippen LogP contribution in [0.2, 0.25) is 0 Å². The quantitative estimate of drug-likeness (QED) is 0.781. The summed E-state index contributed by atoms with van der Waals surface area (Å²) < 4.78 is 10.5. The standard InChI is InChI=1S/C21H23N3O5/c1-13(25)22-15-5-4-6-16(10-15)24-12-14(9-20(24)26)21(27)23-18-11-17(28-2)7-8-19(18)29-3/h4-8,10-11,14H,9,12H2,1-3H3,(H,22,25)(H,23,27). The number of methoxy groups -OCH3 is 2. The average molecular weight is 397 g/mol. The van der Waals surface area contributed by atoms with E-state index in [-0.39, 0.29) is 30.7 Å². The van der Waals surface area contributed by atoms with Gasteiger partial charge in [0.25, 0.3) is 0 Å². The lowest BCUT2D eigenvalue weighted by molar-refractivity contribution is -0.122. The minimum Gasteiger partial charge on any atom is -0.497 e. The predicted octanol–water partition coefficient (Wildman–Crippen LogP) is 2.65. The lowest BCUT2D eigenvalue weighted by Crippen LogP contribution is -2.28. The average Bonchev–Trinajstić information content (AvgIpc) is 3.09. The molecular weight excluding hydrogens is 374 g/mol. The molecule has 2 N–H and O–H groups in total. The molecule has 1 atom stereocenters. The van der Waals surface area contributed by atoms with Crippen molar-refractivity contribution in [1.82, 2.24) is 0 Å². The van der Waals surface area contributed by atoms with Gasteiger partial charge in [0.1, 0.15) is 11.5 Å². The number of hydrogen-bond donors (Lipinski definition) is 2. The van der Waals surface area contributed by atoms with Crippen molar-refractivity contribution < 1.29 is 23.9 Å². The van der Waals surface area contributed by atoms with Crippen molar-refractivity contribution in [2.75, 3.05) is 36.3 Å². The number of amides is 3. The number of carbonyl (C=O) groups is 3. The van der Waals surface area contributed by atoms with Crippen molar-refractivity contribution in [3.05, 3.63) is 42.5 Å². The molecule has 1 fully saturated rings. The van der Waals surface area contributed by atoms with Crippen LogP contribution in [0, 0.1) is 5.92 Å². The van der Waals surface area contributed by atoms with Crippen LogP contribution in [0.5, 0.6) is 11.5 Å². The summed E-state index contributed by atoms with van der Waals surface area (Å²) in [7, 11) is 3.05. The summed E-state index contributed by atoms with van der Waals surface area (Å²) in [5.41, 5.74) is 1.71. The highest BCUT2D eigenvalue weighted by Gasteiger charge is 2.35. The second-order valence-electron chi connectivity index (χ2n) is 6.69. The van der Waals surface area contributed by atoms with E-state index in [1.807, 2.05) is 0 Å². The summed E-state index contributed by atoms with van der Waals surface area (Å²) in [4.78, 5) is 38.1. The smallest absolute Gasteiger partial charge is 0.229 e. The maximum Gasteiger partial charge on any atom is 0.229 e. The Morgan fingerprint density at radius 3 is 2.55 bits per heavy atom. The number of ether oxygens (including phenoxy) is 2. The van der Waals surface area contributed by atoms with E-state index in [2.05, 4.69) is 10.6 Å². The molecule has 0 spiro atoms. The Bertz CT molecular complexity index is 944. The van der Waals surface area contributed by atoms with E-state index in [0.717, 1.165) is 0 Å². The van der Waals surface area contributed by atoms with E-state index >= 15 is 0 Å². The lowest BCUT2D eigenvalue weighted by atomic mass is 10.1. The summed E-state index contributed by atoms with van der Waals surface area (Å²) in [5.74, 6) is -0.0429. The van der Waals surface area contributed by atoms with Crippen LogP contribution in [0.1, 0.15) is 13.3 Å². The molecule has 0 aliphatic carbocycles. The van der Waals surface area contributed by atoms with Crippen LogP contribution in [0.4, 0.5) is 17.1 Å². The number of hydrogen-bond acceptors (Lipinski definition) is 5. The molecule has 2 aromatic carbocycles. The van der Waals surface area contributed by atoms with Gasteiger partial charge in [-0.25, -0.2) is 0 Å². The molecule has 0 radical (unpaired) electrons. The predicted molar refractivity (Wildman–Crippen MR) is 109 cm³/mol. The second kappa shape index (κ2) is 8.64. The van der Waals surface area contributed by atoms with Crippen LogP contribution in [-0.2, 0) is 14.4 Å². The third-order valence-electron chi connectivity index (χ3n) is 4.64. The number of nitrogens with zero attached hydrogens (tertiary/aromatic N) is 1. The Hall–Kier alpha value is -3.55. The van der Waals surface area contributed by atoms with E-state index < -0.39 is 5.92 Å². The van der Waals surface area contributed by atoms with Crippen molar-refractivity contribution in [2.45, 2.75) is 13.3 Å². The van der Waals surface area contributed by atoms with E-state index in [9.17, 15) is 14.4 Å². The van der Waals surface area contributed by atoms with E-state index in [1.165, 1.54) is 21.1 Å². The summed E-state index contributed by atoms with van der Waals surface area (Å²) in [6.45, 7) is 1.67. The molecule has 2 aromatic rings. The third kappa shape index (κ3) is 4.66. The molecule has 1 heterocycles.